The summed E-state index contributed by atoms with van der Waals surface area (Å²) in [6.45, 7) is 0.280. The standard InChI is InChI=1S/C22H22N8O3.CH4/c1-30-10-15-18(29-30)19(25-16(11-32-2)20-23-7-4-8-24-20)17(22(31)28-15)21-26-13-6-5-12(33-3)9-14(13)27-21;/h4-10,16,25H,11H2,1-3H3,(H,26,27)(H,28,31);1H4/t16-;/m1./s1. The summed E-state index contributed by atoms with van der Waals surface area (Å²) < 4.78 is 12.4. The molecule has 0 saturated carbocycles. The topological polar surface area (TPSA) is 136 Å². The Morgan fingerprint density at radius 1 is 1.15 bits per heavy atom. The molecule has 11 nitrogen and oxygen atoms in total. The SMILES string of the molecule is C.COC[C@@H](Nc1c(-c2nc3ccc(OC)cc3[nH]2)c(=O)[nH]c2cn(C)nc12)c1ncccn1. The van der Waals surface area contributed by atoms with Crippen molar-refractivity contribution in [3.05, 3.63) is 59.0 Å². The van der Waals surface area contributed by atoms with Crippen molar-refractivity contribution in [3.8, 4) is 17.1 Å². The third kappa shape index (κ3) is 4.08. The van der Waals surface area contributed by atoms with Gasteiger partial charge in [-0.3, -0.25) is 9.48 Å². The molecule has 0 bridgehead atoms. The van der Waals surface area contributed by atoms with E-state index in [9.17, 15) is 4.79 Å². The molecule has 0 fully saturated rings. The van der Waals surface area contributed by atoms with Gasteiger partial charge in [-0.1, -0.05) is 7.43 Å². The Bertz CT molecular complexity index is 1490. The van der Waals surface area contributed by atoms with Gasteiger partial charge in [0, 0.05) is 38.8 Å². The van der Waals surface area contributed by atoms with Crippen LogP contribution in [0.25, 0.3) is 33.5 Å². The first-order valence-corrected chi connectivity index (χ1v) is 10.2. The number of H-pyrrole nitrogens is 2. The van der Waals surface area contributed by atoms with E-state index >= 15 is 0 Å². The number of anilines is 1. The fourth-order valence-electron chi connectivity index (χ4n) is 3.79. The maximum Gasteiger partial charge on any atom is 0.261 e. The quantitative estimate of drug-likeness (QED) is 0.336. The molecule has 5 aromatic rings. The molecule has 0 amide bonds. The number of fused-ring (bicyclic) bond motifs is 2. The van der Waals surface area contributed by atoms with Gasteiger partial charge in [-0.15, -0.1) is 0 Å². The van der Waals surface area contributed by atoms with Crippen LogP contribution in [-0.2, 0) is 11.8 Å². The van der Waals surface area contributed by atoms with Gasteiger partial charge in [-0.2, -0.15) is 5.10 Å². The molecule has 1 aromatic carbocycles. The first-order valence-electron chi connectivity index (χ1n) is 10.2. The number of ether oxygens (including phenoxy) is 2. The minimum absolute atomic E-state index is 0. The predicted octanol–water partition coefficient (Wildman–Crippen LogP) is 3.04. The van der Waals surface area contributed by atoms with Gasteiger partial charge in [0.15, 0.2) is 5.82 Å². The fourth-order valence-corrected chi connectivity index (χ4v) is 3.79. The summed E-state index contributed by atoms with van der Waals surface area (Å²) in [6.07, 6.45) is 5.07. The van der Waals surface area contributed by atoms with E-state index in [2.05, 4.69) is 35.3 Å². The molecule has 0 spiro atoms. The van der Waals surface area contributed by atoms with Crippen LogP contribution in [0.2, 0.25) is 0 Å². The summed E-state index contributed by atoms with van der Waals surface area (Å²) >= 11 is 0. The number of pyridine rings is 1. The van der Waals surface area contributed by atoms with Crippen molar-refractivity contribution in [2.45, 2.75) is 13.5 Å². The number of aromatic nitrogens is 7. The molecule has 34 heavy (non-hydrogen) atoms. The summed E-state index contributed by atoms with van der Waals surface area (Å²) in [5, 5.41) is 7.97. The molecule has 0 aliphatic carbocycles. The van der Waals surface area contributed by atoms with E-state index in [-0.39, 0.29) is 19.6 Å². The lowest BCUT2D eigenvalue weighted by Crippen LogP contribution is -2.22. The van der Waals surface area contributed by atoms with Crippen LogP contribution in [0.4, 0.5) is 5.69 Å². The van der Waals surface area contributed by atoms with Crippen LogP contribution in [0.5, 0.6) is 5.75 Å². The molecule has 176 valence electrons. The van der Waals surface area contributed by atoms with Gasteiger partial charge < -0.3 is 24.8 Å². The Kier molecular flexibility index (Phi) is 6.28. The minimum Gasteiger partial charge on any atom is -0.497 e. The maximum atomic E-state index is 13.3. The van der Waals surface area contributed by atoms with Crippen molar-refractivity contribution in [2.75, 3.05) is 26.1 Å². The number of rotatable bonds is 7. The van der Waals surface area contributed by atoms with E-state index < -0.39 is 6.04 Å². The van der Waals surface area contributed by atoms with Gasteiger partial charge in [0.1, 0.15) is 28.7 Å². The van der Waals surface area contributed by atoms with Gasteiger partial charge in [0.2, 0.25) is 0 Å². The van der Waals surface area contributed by atoms with Crippen LogP contribution in [0.15, 0.2) is 47.7 Å². The van der Waals surface area contributed by atoms with E-state index in [4.69, 9.17) is 9.47 Å². The zero-order chi connectivity index (χ0) is 22.9. The zero-order valence-electron chi connectivity index (χ0n) is 18.3. The van der Waals surface area contributed by atoms with Crippen LogP contribution >= 0.6 is 0 Å². The molecule has 3 N–H and O–H groups in total. The van der Waals surface area contributed by atoms with E-state index in [0.29, 0.717) is 45.2 Å². The van der Waals surface area contributed by atoms with Crippen LogP contribution in [-0.4, -0.2) is 55.5 Å². The van der Waals surface area contributed by atoms with Gasteiger partial charge in [-0.25, -0.2) is 15.0 Å². The Hall–Kier alpha value is -4.25. The third-order valence-electron chi connectivity index (χ3n) is 5.27. The smallest absolute Gasteiger partial charge is 0.261 e. The molecule has 0 unspecified atom stereocenters. The molecule has 1 atom stereocenters. The molecular weight excluding hydrogens is 436 g/mol. The van der Waals surface area contributed by atoms with E-state index in [1.165, 1.54) is 0 Å². The van der Waals surface area contributed by atoms with Crippen LogP contribution < -0.4 is 15.6 Å². The lowest BCUT2D eigenvalue weighted by atomic mass is 10.1. The molecule has 0 aliphatic heterocycles. The predicted molar refractivity (Wildman–Crippen MR) is 130 cm³/mol. The highest BCUT2D eigenvalue weighted by Gasteiger charge is 2.24. The second kappa shape index (κ2) is 9.32. The van der Waals surface area contributed by atoms with Crippen LogP contribution in [0.1, 0.15) is 19.3 Å². The summed E-state index contributed by atoms with van der Waals surface area (Å²) in [5.74, 6) is 1.62. The largest absolute Gasteiger partial charge is 0.497 e. The number of nitrogens with zero attached hydrogens (tertiary/aromatic N) is 5. The highest BCUT2D eigenvalue weighted by atomic mass is 16.5. The second-order valence-electron chi connectivity index (χ2n) is 7.50. The average molecular weight is 463 g/mol. The van der Waals surface area contributed by atoms with Crippen LogP contribution in [0, 0.1) is 0 Å². The number of imidazole rings is 1. The maximum absolute atomic E-state index is 13.3. The van der Waals surface area contributed by atoms with Crippen molar-refractivity contribution in [1.82, 2.24) is 34.7 Å². The van der Waals surface area contributed by atoms with E-state index in [1.807, 2.05) is 18.2 Å². The van der Waals surface area contributed by atoms with Crippen molar-refractivity contribution in [3.63, 3.8) is 0 Å². The number of aromatic amines is 2. The van der Waals surface area contributed by atoms with Crippen LogP contribution in [0.3, 0.4) is 0 Å². The zero-order valence-corrected chi connectivity index (χ0v) is 18.3. The van der Waals surface area contributed by atoms with Crippen molar-refractivity contribution >= 4 is 27.8 Å². The second-order valence-corrected chi connectivity index (χ2v) is 7.50. The first-order chi connectivity index (χ1) is 16.1. The number of aryl methyl sites for hydroxylation is 1. The first kappa shape index (κ1) is 22.9. The highest BCUT2D eigenvalue weighted by molar-refractivity contribution is 5.96. The van der Waals surface area contributed by atoms with E-state index in [0.717, 1.165) is 5.52 Å². The van der Waals surface area contributed by atoms with E-state index in [1.54, 1.807) is 50.6 Å². The normalized spacial score (nSPS) is 12.0. The lowest BCUT2D eigenvalue weighted by molar-refractivity contribution is 0.184. The molecule has 11 heteroatoms. The monoisotopic (exact) mass is 462 g/mol. The summed E-state index contributed by atoms with van der Waals surface area (Å²) in [5.41, 5.74) is 3.16. The molecule has 0 aliphatic rings. The van der Waals surface area contributed by atoms with Crippen molar-refractivity contribution < 1.29 is 9.47 Å². The molecule has 4 aromatic heterocycles. The molecule has 0 saturated heterocycles. The number of hydrogen-bond acceptors (Lipinski definition) is 8. The highest BCUT2D eigenvalue weighted by Crippen LogP contribution is 2.32. The summed E-state index contributed by atoms with van der Waals surface area (Å²) in [7, 11) is 4.99. The molecule has 0 radical (unpaired) electrons. The number of benzene rings is 1. The summed E-state index contributed by atoms with van der Waals surface area (Å²) in [6, 6.07) is 6.80. The lowest BCUT2D eigenvalue weighted by Gasteiger charge is -2.19. The molecular formula is C23H26N8O3. The summed E-state index contributed by atoms with van der Waals surface area (Å²) in [4.78, 5) is 32.8. The third-order valence-corrected chi connectivity index (χ3v) is 5.27. The van der Waals surface area contributed by atoms with Crippen molar-refractivity contribution in [1.29, 1.82) is 0 Å². The Morgan fingerprint density at radius 2 is 1.94 bits per heavy atom. The number of nitrogens with one attached hydrogen (secondary N) is 3. The van der Waals surface area contributed by atoms with Crippen molar-refractivity contribution in [2.24, 2.45) is 7.05 Å². The fraction of sp³-hybridized carbons (Fsp3) is 0.261. The number of methoxy groups -OCH3 is 2. The minimum atomic E-state index is -0.425. The molecule has 4 heterocycles. The van der Waals surface area contributed by atoms with Gasteiger partial charge >= 0.3 is 0 Å². The Balaban J connectivity index is 0.00000274. The number of hydrogen-bond donors (Lipinski definition) is 3. The van der Waals surface area contributed by atoms with Gasteiger partial charge in [0.05, 0.1) is 36.0 Å². The van der Waals surface area contributed by atoms with Gasteiger partial charge in [0.25, 0.3) is 5.56 Å². The Morgan fingerprint density at radius 3 is 2.68 bits per heavy atom. The molecule has 5 rings (SSSR count). The average Bonchev–Trinajstić information content (AvgIpc) is 3.40. The Labute approximate surface area is 195 Å². The van der Waals surface area contributed by atoms with Gasteiger partial charge in [-0.05, 0) is 18.2 Å².